The van der Waals surface area contributed by atoms with Gasteiger partial charge in [-0.3, -0.25) is 4.79 Å². The molecular weight excluding hydrogens is 337 g/mol. The molecule has 0 heterocycles. The highest BCUT2D eigenvalue weighted by molar-refractivity contribution is 5.75. The second kappa shape index (κ2) is 7.76. The highest BCUT2D eigenvalue weighted by Gasteiger charge is 2.30. The lowest BCUT2D eigenvalue weighted by Crippen LogP contribution is -2.44. The van der Waals surface area contributed by atoms with Crippen LogP contribution in [0.25, 0.3) is 0 Å². The van der Waals surface area contributed by atoms with E-state index in [0.717, 1.165) is 12.1 Å². The Morgan fingerprint density at radius 1 is 1.12 bits per heavy atom. The molecule has 1 aromatic rings. The summed E-state index contributed by atoms with van der Waals surface area (Å²) in [5, 5.41) is 14.4. The summed E-state index contributed by atoms with van der Waals surface area (Å²) in [6.07, 6.45) is -2.15. The van der Waals surface area contributed by atoms with Crippen LogP contribution in [0.2, 0.25) is 0 Å². The molecule has 0 spiro atoms. The Morgan fingerprint density at radius 2 is 1.68 bits per heavy atom. The highest BCUT2D eigenvalue weighted by atomic mass is 19.4. The first-order valence-electron chi connectivity index (χ1n) is 8.14. The van der Waals surface area contributed by atoms with E-state index in [2.05, 4.69) is 10.6 Å². The highest BCUT2D eigenvalue weighted by Crippen LogP contribution is 2.30. The number of halogens is 3. The minimum Gasteiger partial charge on any atom is -0.481 e. The van der Waals surface area contributed by atoms with E-state index < -0.39 is 29.8 Å². The molecule has 1 atom stereocenters. The fraction of sp³-hybridized carbons (Fsp3) is 0.529. The predicted molar refractivity (Wildman–Crippen MR) is 84.9 cm³/mol. The average Bonchev–Trinajstić information content (AvgIpc) is 2.54. The number of rotatable bonds is 4. The lowest BCUT2D eigenvalue weighted by atomic mass is 9.86. The molecule has 1 aromatic carbocycles. The molecule has 138 valence electrons. The van der Waals surface area contributed by atoms with Gasteiger partial charge in [0.1, 0.15) is 0 Å². The molecule has 0 unspecified atom stereocenters. The minimum atomic E-state index is -4.39. The van der Waals surface area contributed by atoms with Gasteiger partial charge >= 0.3 is 18.2 Å². The Labute approximate surface area is 143 Å². The van der Waals surface area contributed by atoms with Gasteiger partial charge in [0, 0.05) is 6.04 Å². The molecule has 0 aromatic heterocycles. The summed E-state index contributed by atoms with van der Waals surface area (Å²) in [7, 11) is 0. The first kappa shape index (κ1) is 19.1. The maximum Gasteiger partial charge on any atom is 0.416 e. The summed E-state index contributed by atoms with van der Waals surface area (Å²) in [6.45, 7) is 1.68. The zero-order valence-electron chi connectivity index (χ0n) is 13.8. The lowest BCUT2D eigenvalue weighted by molar-refractivity contribution is -0.143. The lowest BCUT2D eigenvalue weighted by Gasteiger charge is -2.27. The first-order valence-corrected chi connectivity index (χ1v) is 8.14. The summed E-state index contributed by atoms with van der Waals surface area (Å²) >= 11 is 0. The number of hydrogen-bond acceptors (Lipinski definition) is 2. The number of aliphatic carboxylic acids is 1. The van der Waals surface area contributed by atoms with Crippen LogP contribution >= 0.6 is 0 Å². The van der Waals surface area contributed by atoms with Crippen molar-refractivity contribution in [1.29, 1.82) is 0 Å². The monoisotopic (exact) mass is 358 g/mol. The molecule has 2 amide bonds. The van der Waals surface area contributed by atoms with Crippen LogP contribution in [0.5, 0.6) is 0 Å². The van der Waals surface area contributed by atoms with Gasteiger partial charge in [0.15, 0.2) is 0 Å². The van der Waals surface area contributed by atoms with Gasteiger partial charge in [0.2, 0.25) is 0 Å². The Hall–Kier alpha value is -2.25. The van der Waals surface area contributed by atoms with Gasteiger partial charge in [-0.1, -0.05) is 12.1 Å². The molecule has 0 aliphatic heterocycles. The van der Waals surface area contributed by atoms with Crippen LogP contribution in [0.4, 0.5) is 18.0 Å². The van der Waals surface area contributed by atoms with Crippen molar-refractivity contribution in [3.05, 3.63) is 35.4 Å². The molecule has 5 nitrogen and oxygen atoms in total. The Morgan fingerprint density at radius 3 is 2.16 bits per heavy atom. The van der Waals surface area contributed by atoms with Gasteiger partial charge in [-0.2, -0.15) is 13.2 Å². The number of nitrogens with one attached hydrogen (secondary N) is 2. The third-order valence-corrected chi connectivity index (χ3v) is 4.50. The van der Waals surface area contributed by atoms with Crippen molar-refractivity contribution in [3.63, 3.8) is 0 Å². The molecule has 25 heavy (non-hydrogen) atoms. The van der Waals surface area contributed by atoms with Gasteiger partial charge in [0.05, 0.1) is 17.5 Å². The van der Waals surface area contributed by atoms with E-state index in [1.807, 2.05) is 0 Å². The van der Waals surface area contributed by atoms with Crippen LogP contribution in [0.1, 0.15) is 49.8 Å². The van der Waals surface area contributed by atoms with Crippen molar-refractivity contribution in [2.24, 2.45) is 5.92 Å². The molecule has 8 heteroatoms. The van der Waals surface area contributed by atoms with E-state index in [0.29, 0.717) is 31.2 Å². The number of carboxylic acids is 1. The van der Waals surface area contributed by atoms with E-state index in [1.54, 1.807) is 6.92 Å². The van der Waals surface area contributed by atoms with Gasteiger partial charge < -0.3 is 15.7 Å². The maximum atomic E-state index is 12.6. The van der Waals surface area contributed by atoms with Gasteiger partial charge in [-0.25, -0.2) is 4.79 Å². The number of alkyl halides is 3. The zero-order chi connectivity index (χ0) is 18.6. The van der Waals surface area contributed by atoms with Gasteiger partial charge in [-0.05, 0) is 50.3 Å². The third-order valence-electron chi connectivity index (χ3n) is 4.50. The number of urea groups is 1. The van der Waals surface area contributed by atoms with E-state index in [1.165, 1.54) is 12.1 Å². The summed E-state index contributed by atoms with van der Waals surface area (Å²) in [5.41, 5.74) is -0.166. The Bertz CT molecular complexity index is 609. The molecule has 1 aliphatic rings. The summed E-state index contributed by atoms with van der Waals surface area (Å²) in [6, 6.07) is 3.70. The average molecular weight is 358 g/mol. The van der Waals surface area contributed by atoms with Crippen molar-refractivity contribution >= 4 is 12.0 Å². The molecule has 3 N–H and O–H groups in total. The topological polar surface area (TPSA) is 78.4 Å². The van der Waals surface area contributed by atoms with Crippen molar-refractivity contribution in [2.75, 3.05) is 0 Å². The fourth-order valence-electron chi connectivity index (χ4n) is 2.95. The van der Waals surface area contributed by atoms with Crippen LogP contribution in [0, 0.1) is 5.92 Å². The molecule has 0 radical (unpaired) electrons. The second-order valence-corrected chi connectivity index (χ2v) is 6.35. The fourth-order valence-corrected chi connectivity index (χ4v) is 2.95. The molecule has 1 aliphatic carbocycles. The summed E-state index contributed by atoms with van der Waals surface area (Å²) in [5.74, 6) is -1.16. The number of carbonyl (C=O) groups is 2. The third kappa shape index (κ3) is 5.37. The number of hydrogen-bond donors (Lipinski definition) is 3. The zero-order valence-corrected chi connectivity index (χ0v) is 13.8. The van der Waals surface area contributed by atoms with E-state index in [4.69, 9.17) is 5.11 Å². The predicted octanol–water partition coefficient (Wildman–Crippen LogP) is 3.71. The smallest absolute Gasteiger partial charge is 0.416 e. The van der Waals surface area contributed by atoms with Crippen LogP contribution in [0.3, 0.4) is 0 Å². The Kier molecular flexibility index (Phi) is 5.92. The van der Waals surface area contributed by atoms with Crippen LogP contribution in [-0.2, 0) is 11.0 Å². The number of carbonyl (C=O) groups excluding carboxylic acids is 1. The van der Waals surface area contributed by atoms with Crippen LogP contribution in [0.15, 0.2) is 24.3 Å². The quantitative estimate of drug-likeness (QED) is 0.768. The maximum absolute atomic E-state index is 12.6. The standard InChI is InChI=1S/C17H21F3N2O3/c1-10(11-2-6-13(7-3-11)17(18,19)20)21-16(25)22-14-8-4-12(5-9-14)15(23)24/h2-3,6-7,10,12,14H,4-5,8-9H2,1H3,(H,23,24)(H2,21,22,25)/t10-,12?,14?/m0/s1. The number of benzene rings is 1. The summed E-state index contributed by atoms with van der Waals surface area (Å²) in [4.78, 5) is 22.9. The normalized spacial score (nSPS) is 22.1. The van der Waals surface area contributed by atoms with E-state index in [-0.39, 0.29) is 12.0 Å². The van der Waals surface area contributed by atoms with Gasteiger partial charge in [-0.15, -0.1) is 0 Å². The molecule has 0 bridgehead atoms. The van der Waals surface area contributed by atoms with Crippen molar-refractivity contribution < 1.29 is 27.9 Å². The summed E-state index contributed by atoms with van der Waals surface area (Å²) < 4.78 is 37.7. The number of carboxylic acid groups (broad SMARTS) is 1. The van der Waals surface area contributed by atoms with Crippen LogP contribution in [-0.4, -0.2) is 23.1 Å². The van der Waals surface area contributed by atoms with E-state index in [9.17, 15) is 22.8 Å². The van der Waals surface area contributed by atoms with Crippen molar-refractivity contribution in [1.82, 2.24) is 10.6 Å². The largest absolute Gasteiger partial charge is 0.481 e. The van der Waals surface area contributed by atoms with Crippen molar-refractivity contribution in [3.8, 4) is 0 Å². The van der Waals surface area contributed by atoms with Crippen LogP contribution < -0.4 is 10.6 Å². The number of amides is 2. The molecule has 2 rings (SSSR count). The van der Waals surface area contributed by atoms with Gasteiger partial charge in [0.25, 0.3) is 0 Å². The minimum absolute atomic E-state index is 0.0876. The molecular formula is C17H21F3N2O3. The molecule has 1 fully saturated rings. The second-order valence-electron chi connectivity index (χ2n) is 6.35. The first-order chi connectivity index (χ1) is 11.7. The van der Waals surface area contributed by atoms with Crippen molar-refractivity contribution in [2.45, 2.75) is 50.9 Å². The Balaban J connectivity index is 1.83. The molecule has 0 saturated heterocycles. The molecule has 1 saturated carbocycles. The SMILES string of the molecule is C[C@H](NC(=O)NC1CCC(C(=O)O)CC1)c1ccc(C(F)(F)F)cc1. The van der Waals surface area contributed by atoms with E-state index >= 15 is 0 Å².